The van der Waals surface area contributed by atoms with Crippen molar-refractivity contribution in [3.8, 4) is 0 Å². The summed E-state index contributed by atoms with van der Waals surface area (Å²) >= 11 is 4.49. The number of alkyl halides is 1. The zero-order valence-electron chi connectivity index (χ0n) is 5.52. The third-order valence-corrected chi connectivity index (χ3v) is 5.15. The summed E-state index contributed by atoms with van der Waals surface area (Å²) in [5.41, 5.74) is 0. The standard InChI is InChI=1S/C6H11IOS/c1-9-6(7)2-4-8-5-3-6/h2-5H2,1H3. The SMILES string of the molecule is CSC1(I)CCOCC1. The number of ether oxygens (including phenoxy) is 1. The van der Waals surface area contributed by atoms with Gasteiger partial charge in [0.25, 0.3) is 0 Å². The highest BCUT2D eigenvalue weighted by Crippen LogP contribution is 2.39. The highest BCUT2D eigenvalue weighted by atomic mass is 127. The van der Waals surface area contributed by atoms with Crippen molar-refractivity contribution in [2.24, 2.45) is 0 Å². The van der Waals surface area contributed by atoms with Crippen LogP contribution in [0.1, 0.15) is 12.8 Å². The monoisotopic (exact) mass is 258 g/mol. The van der Waals surface area contributed by atoms with Gasteiger partial charge in [0, 0.05) is 13.2 Å². The Labute approximate surface area is 74.1 Å². The summed E-state index contributed by atoms with van der Waals surface area (Å²) in [5.74, 6) is 0. The second-order valence-corrected chi connectivity index (χ2v) is 6.19. The number of hydrogen-bond donors (Lipinski definition) is 0. The minimum atomic E-state index is 0.482. The lowest BCUT2D eigenvalue weighted by Crippen LogP contribution is -2.25. The molecular formula is C6H11IOS. The lowest BCUT2D eigenvalue weighted by molar-refractivity contribution is 0.0975. The van der Waals surface area contributed by atoms with E-state index in [1.807, 2.05) is 11.8 Å². The number of halogens is 1. The fourth-order valence-electron chi connectivity index (χ4n) is 0.880. The van der Waals surface area contributed by atoms with Gasteiger partial charge in [0.1, 0.15) is 0 Å². The highest BCUT2D eigenvalue weighted by molar-refractivity contribution is 14.1. The summed E-state index contributed by atoms with van der Waals surface area (Å²) in [6.45, 7) is 1.90. The molecule has 0 aromatic rings. The zero-order chi connectivity index (χ0) is 6.74. The lowest BCUT2D eigenvalue weighted by Gasteiger charge is -2.29. The van der Waals surface area contributed by atoms with E-state index in [0.29, 0.717) is 2.75 Å². The van der Waals surface area contributed by atoms with Crippen molar-refractivity contribution in [2.45, 2.75) is 15.6 Å². The third kappa shape index (κ3) is 2.27. The molecule has 0 aromatic carbocycles. The van der Waals surface area contributed by atoms with E-state index < -0.39 is 0 Å². The van der Waals surface area contributed by atoms with Crippen LogP contribution < -0.4 is 0 Å². The molecule has 1 aliphatic rings. The van der Waals surface area contributed by atoms with Gasteiger partial charge in [-0.2, -0.15) is 0 Å². The topological polar surface area (TPSA) is 9.23 Å². The maximum atomic E-state index is 5.25. The predicted octanol–water partition coefficient (Wildman–Crippen LogP) is 2.29. The highest BCUT2D eigenvalue weighted by Gasteiger charge is 2.27. The van der Waals surface area contributed by atoms with Crippen molar-refractivity contribution >= 4 is 34.4 Å². The Morgan fingerprint density at radius 3 is 2.33 bits per heavy atom. The van der Waals surface area contributed by atoms with Crippen LogP contribution >= 0.6 is 34.4 Å². The Kier molecular flexibility index (Phi) is 3.11. The second kappa shape index (κ2) is 3.44. The number of rotatable bonds is 1. The normalized spacial score (nSPS) is 26.0. The van der Waals surface area contributed by atoms with Crippen LogP contribution in [0.15, 0.2) is 0 Å². The number of thioether (sulfide) groups is 1. The van der Waals surface area contributed by atoms with E-state index in [1.165, 1.54) is 12.8 Å². The summed E-state index contributed by atoms with van der Waals surface area (Å²) in [7, 11) is 0. The molecule has 1 saturated heterocycles. The summed E-state index contributed by atoms with van der Waals surface area (Å²) < 4.78 is 5.73. The Hall–Kier alpha value is 1.04. The largest absolute Gasteiger partial charge is 0.381 e. The van der Waals surface area contributed by atoms with Crippen LogP contribution in [-0.2, 0) is 4.74 Å². The van der Waals surface area contributed by atoms with Gasteiger partial charge >= 0.3 is 0 Å². The molecule has 0 unspecified atom stereocenters. The predicted molar refractivity (Wildman–Crippen MR) is 50.3 cm³/mol. The molecule has 54 valence electrons. The first-order valence-corrected chi connectivity index (χ1v) is 5.39. The quantitative estimate of drug-likeness (QED) is 0.527. The summed E-state index contributed by atoms with van der Waals surface area (Å²) in [6.07, 6.45) is 4.58. The molecule has 0 radical (unpaired) electrons. The minimum Gasteiger partial charge on any atom is -0.381 e. The molecule has 0 aromatic heterocycles. The maximum absolute atomic E-state index is 5.25. The van der Waals surface area contributed by atoms with Crippen molar-refractivity contribution in [1.82, 2.24) is 0 Å². The van der Waals surface area contributed by atoms with Gasteiger partial charge in [0.2, 0.25) is 0 Å². The average molecular weight is 258 g/mol. The van der Waals surface area contributed by atoms with Crippen molar-refractivity contribution in [2.75, 3.05) is 19.5 Å². The van der Waals surface area contributed by atoms with Crippen LogP contribution in [0.4, 0.5) is 0 Å². The first kappa shape index (κ1) is 8.14. The zero-order valence-corrected chi connectivity index (χ0v) is 8.50. The summed E-state index contributed by atoms with van der Waals surface area (Å²) in [6, 6.07) is 0. The molecule has 0 saturated carbocycles. The molecule has 0 spiro atoms. The van der Waals surface area contributed by atoms with Crippen LogP contribution in [0.2, 0.25) is 0 Å². The van der Waals surface area contributed by atoms with Crippen molar-refractivity contribution in [1.29, 1.82) is 0 Å². The summed E-state index contributed by atoms with van der Waals surface area (Å²) in [5, 5.41) is 0. The van der Waals surface area contributed by atoms with Crippen molar-refractivity contribution in [3.63, 3.8) is 0 Å². The molecule has 0 bridgehead atoms. The molecular weight excluding hydrogens is 247 g/mol. The van der Waals surface area contributed by atoms with E-state index in [0.717, 1.165) is 13.2 Å². The Morgan fingerprint density at radius 1 is 1.44 bits per heavy atom. The molecule has 0 N–H and O–H groups in total. The fraction of sp³-hybridized carbons (Fsp3) is 1.00. The van der Waals surface area contributed by atoms with E-state index in [4.69, 9.17) is 4.74 Å². The van der Waals surface area contributed by atoms with E-state index >= 15 is 0 Å². The van der Waals surface area contributed by atoms with E-state index in [-0.39, 0.29) is 0 Å². The van der Waals surface area contributed by atoms with Gasteiger partial charge in [-0.15, -0.1) is 11.8 Å². The molecule has 9 heavy (non-hydrogen) atoms. The molecule has 0 aliphatic carbocycles. The maximum Gasteiger partial charge on any atom is 0.0713 e. The second-order valence-electron chi connectivity index (χ2n) is 2.20. The van der Waals surface area contributed by atoms with Crippen LogP contribution in [-0.4, -0.2) is 22.2 Å². The molecule has 1 heterocycles. The molecule has 0 amide bonds. The molecule has 1 nitrogen and oxygen atoms in total. The van der Waals surface area contributed by atoms with Gasteiger partial charge in [-0.05, 0) is 19.1 Å². The van der Waals surface area contributed by atoms with Crippen LogP contribution in [0.3, 0.4) is 0 Å². The first-order chi connectivity index (χ1) is 4.27. The van der Waals surface area contributed by atoms with Crippen LogP contribution in [0.25, 0.3) is 0 Å². The fourth-order valence-corrected chi connectivity index (χ4v) is 1.90. The van der Waals surface area contributed by atoms with Gasteiger partial charge in [-0.1, -0.05) is 22.6 Å². The van der Waals surface area contributed by atoms with Gasteiger partial charge in [-0.25, -0.2) is 0 Å². The van der Waals surface area contributed by atoms with Crippen molar-refractivity contribution in [3.05, 3.63) is 0 Å². The molecule has 1 aliphatic heterocycles. The first-order valence-electron chi connectivity index (χ1n) is 3.09. The number of hydrogen-bond acceptors (Lipinski definition) is 2. The van der Waals surface area contributed by atoms with Gasteiger partial charge in [0.15, 0.2) is 0 Å². The smallest absolute Gasteiger partial charge is 0.0713 e. The van der Waals surface area contributed by atoms with E-state index in [2.05, 4.69) is 28.8 Å². The lowest BCUT2D eigenvalue weighted by atomic mass is 10.2. The van der Waals surface area contributed by atoms with Crippen molar-refractivity contribution < 1.29 is 4.74 Å². The Morgan fingerprint density at radius 2 is 2.00 bits per heavy atom. The Bertz CT molecular complexity index is 91.1. The molecule has 1 fully saturated rings. The van der Waals surface area contributed by atoms with Crippen LogP contribution in [0.5, 0.6) is 0 Å². The van der Waals surface area contributed by atoms with Gasteiger partial charge < -0.3 is 4.74 Å². The van der Waals surface area contributed by atoms with E-state index in [9.17, 15) is 0 Å². The Balaban J connectivity index is 2.37. The van der Waals surface area contributed by atoms with Gasteiger partial charge in [0.05, 0.1) is 2.75 Å². The van der Waals surface area contributed by atoms with Crippen LogP contribution in [0, 0.1) is 0 Å². The third-order valence-electron chi connectivity index (χ3n) is 1.61. The molecule has 1 rings (SSSR count). The minimum absolute atomic E-state index is 0.482. The molecule has 3 heteroatoms. The van der Waals surface area contributed by atoms with E-state index in [1.54, 1.807) is 0 Å². The van der Waals surface area contributed by atoms with Gasteiger partial charge in [-0.3, -0.25) is 0 Å². The molecule has 0 atom stereocenters. The summed E-state index contributed by atoms with van der Waals surface area (Å²) in [4.78, 5) is 0. The average Bonchev–Trinajstić information content (AvgIpc) is 1.90.